The minimum absolute atomic E-state index is 0.00694. The maximum atomic E-state index is 11.9. The SMILES string of the molecule is COC(=O)CC1CCCCN1C(=O)CNC(C)=O. The van der Waals surface area contributed by atoms with Crippen molar-refractivity contribution in [3.8, 4) is 0 Å². The summed E-state index contributed by atoms with van der Waals surface area (Å²) in [4.78, 5) is 35.7. The normalized spacial score (nSPS) is 19.2. The zero-order chi connectivity index (χ0) is 13.5. The second-order valence-corrected chi connectivity index (χ2v) is 4.43. The molecule has 1 N–H and O–H groups in total. The molecule has 1 aliphatic rings. The van der Waals surface area contributed by atoms with Crippen LogP contribution in [-0.2, 0) is 19.1 Å². The van der Waals surface area contributed by atoms with Gasteiger partial charge in [0.15, 0.2) is 0 Å². The first-order chi connectivity index (χ1) is 8.54. The van der Waals surface area contributed by atoms with Crippen molar-refractivity contribution in [1.29, 1.82) is 0 Å². The number of carbonyl (C=O) groups excluding carboxylic acids is 3. The van der Waals surface area contributed by atoms with E-state index in [1.165, 1.54) is 14.0 Å². The number of amides is 2. The molecule has 1 saturated heterocycles. The Hall–Kier alpha value is -1.59. The van der Waals surface area contributed by atoms with Crippen LogP contribution in [0.2, 0.25) is 0 Å². The van der Waals surface area contributed by atoms with Crippen molar-refractivity contribution < 1.29 is 19.1 Å². The largest absolute Gasteiger partial charge is 0.469 e. The number of methoxy groups -OCH3 is 1. The monoisotopic (exact) mass is 256 g/mol. The van der Waals surface area contributed by atoms with Gasteiger partial charge in [-0.05, 0) is 19.3 Å². The van der Waals surface area contributed by atoms with E-state index < -0.39 is 0 Å². The quantitative estimate of drug-likeness (QED) is 0.722. The van der Waals surface area contributed by atoms with Gasteiger partial charge in [-0.2, -0.15) is 0 Å². The Bertz CT molecular complexity index is 330. The molecule has 1 heterocycles. The van der Waals surface area contributed by atoms with Crippen LogP contribution in [0.5, 0.6) is 0 Å². The maximum Gasteiger partial charge on any atom is 0.307 e. The second kappa shape index (κ2) is 6.98. The number of esters is 1. The summed E-state index contributed by atoms with van der Waals surface area (Å²) in [5.74, 6) is -0.678. The maximum absolute atomic E-state index is 11.9. The molecule has 1 unspecified atom stereocenters. The molecule has 0 bridgehead atoms. The molecule has 1 rings (SSSR count). The lowest BCUT2D eigenvalue weighted by Gasteiger charge is -2.35. The van der Waals surface area contributed by atoms with Gasteiger partial charge in [0.25, 0.3) is 0 Å². The first-order valence-corrected chi connectivity index (χ1v) is 6.15. The lowest BCUT2D eigenvalue weighted by Crippen LogP contribution is -2.48. The Labute approximate surface area is 107 Å². The summed E-state index contributed by atoms with van der Waals surface area (Å²) < 4.78 is 4.63. The Balaban J connectivity index is 2.55. The zero-order valence-corrected chi connectivity index (χ0v) is 10.9. The molecule has 0 aromatic heterocycles. The van der Waals surface area contributed by atoms with E-state index in [1.807, 2.05) is 0 Å². The molecule has 18 heavy (non-hydrogen) atoms. The van der Waals surface area contributed by atoms with Crippen molar-refractivity contribution in [2.75, 3.05) is 20.2 Å². The minimum Gasteiger partial charge on any atom is -0.469 e. The molecular weight excluding hydrogens is 236 g/mol. The Morgan fingerprint density at radius 1 is 1.33 bits per heavy atom. The third-order valence-corrected chi connectivity index (χ3v) is 3.07. The van der Waals surface area contributed by atoms with Gasteiger partial charge in [0.2, 0.25) is 11.8 Å². The van der Waals surface area contributed by atoms with E-state index >= 15 is 0 Å². The first kappa shape index (κ1) is 14.5. The van der Waals surface area contributed by atoms with Gasteiger partial charge in [-0.3, -0.25) is 14.4 Å². The average molecular weight is 256 g/mol. The molecule has 6 heteroatoms. The molecule has 1 atom stereocenters. The number of nitrogens with one attached hydrogen (secondary N) is 1. The Kier molecular flexibility index (Phi) is 5.61. The average Bonchev–Trinajstić information content (AvgIpc) is 2.36. The second-order valence-electron chi connectivity index (χ2n) is 4.43. The first-order valence-electron chi connectivity index (χ1n) is 6.15. The fourth-order valence-corrected chi connectivity index (χ4v) is 2.12. The van der Waals surface area contributed by atoms with Crippen molar-refractivity contribution in [2.45, 2.75) is 38.6 Å². The molecule has 0 aromatic carbocycles. The van der Waals surface area contributed by atoms with Gasteiger partial charge in [-0.25, -0.2) is 0 Å². The van der Waals surface area contributed by atoms with Gasteiger partial charge >= 0.3 is 5.97 Å². The highest BCUT2D eigenvalue weighted by Crippen LogP contribution is 2.20. The van der Waals surface area contributed by atoms with E-state index in [0.29, 0.717) is 6.54 Å². The molecule has 0 aliphatic carbocycles. The molecule has 0 radical (unpaired) electrons. The number of rotatable bonds is 4. The summed E-state index contributed by atoms with van der Waals surface area (Å²) in [5, 5.41) is 2.48. The van der Waals surface area contributed by atoms with Crippen molar-refractivity contribution in [1.82, 2.24) is 10.2 Å². The standard InChI is InChI=1S/C12H20N2O4/c1-9(15)13-8-11(16)14-6-4-3-5-10(14)7-12(17)18-2/h10H,3-8H2,1-2H3,(H,13,15). The number of carbonyl (C=O) groups is 3. The zero-order valence-electron chi connectivity index (χ0n) is 10.9. The summed E-state index contributed by atoms with van der Waals surface area (Å²) in [6.45, 7) is 2.00. The molecule has 102 valence electrons. The van der Waals surface area contributed by atoms with Crippen LogP contribution in [0.15, 0.2) is 0 Å². The molecule has 6 nitrogen and oxygen atoms in total. The molecule has 0 aromatic rings. The highest BCUT2D eigenvalue weighted by Gasteiger charge is 2.28. The predicted octanol–water partition coefficient (Wildman–Crippen LogP) is 0.0667. The topological polar surface area (TPSA) is 75.7 Å². The summed E-state index contributed by atoms with van der Waals surface area (Å²) >= 11 is 0. The van der Waals surface area contributed by atoms with E-state index in [4.69, 9.17) is 0 Å². The molecule has 1 aliphatic heterocycles. The number of nitrogens with zero attached hydrogens (tertiary/aromatic N) is 1. The molecular formula is C12H20N2O4. The van der Waals surface area contributed by atoms with E-state index in [2.05, 4.69) is 10.1 Å². The van der Waals surface area contributed by atoms with Crippen LogP contribution >= 0.6 is 0 Å². The number of hydrogen-bond acceptors (Lipinski definition) is 4. The van der Waals surface area contributed by atoms with Crippen molar-refractivity contribution in [3.63, 3.8) is 0 Å². The minimum atomic E-state index is -0.306. The molecule has 2 amide bonds. The number of hydrogen-bond donors (Lipinski definition) is 1. The van der Waals surface area contributed by atoms with Gasteiger partial charge in [-0.1, -0.05) is 0 Å². The third-order valence-electron chi connectivity index (χ3n) is 3.07. The van der Waals surface area contributed by atoms with E-state index in [1.54, 1.807) is 4.90 Å². The van der Waals surface area contributed by atoms with Crippen LogP contribution in [0.4, 0.5) is 0 Å². The lowest BCUT2D eigenvalue weighted by molar-refractivity contribution is -0.144. The van der Waals surface area contributed by atoms with Gasteiger partial charge in [0.05, 0.1) is 20.1 Å². The fraction of sp³-hybridized carbons (Fsp3) is 0.750. The molecule has 0 saturated carbocycles. The van der Waals surface area contributed by atoms with E-state index in [-0.39, 0.29) is 36.8 Å². The van der Waals surface area contributed by atoms with E-state index in [9.17, 15) is 14.4 Å². The Morgan fingerprint density at radius 3 is 2.67 bits per heavy atom. The molecule has 1 fully saturated rings. The van der Waals surface area contributed by atoms with Crippen LogP contribution in [-0.4, -0.2) is 48.9 Å². The third kappa shape index (κ3) is 4.35. The molecule has 0 spiro atoms. The number of piperidine rings is 1. The smallest absolute Gasteiger partial charge is 0.307 e. The van der Waals surface area contributed by atoms with Crippen molar-refractivity contribution >= 4 is 17.8 Å². The fourth-order valence-electron chi connectivity index (χ4n) is 2.12. The van der Waals surface area contributed by atoms with Crippen LogP contribution in [0.3, 0.4) is 0 Å². The van der Waals surface area contributed by atoms with Crippen molar-refractivity contribution in [2.24, 2.45) is 0 Å². The van der Waals surface area contributed by atoms with Crippen LogP contribution in [0, 0.1) is 0 Å². The van der Waals surface area contributed by atoms with Gasteiger partial charge in [0, 0.05) is 19.5 Å². The van der Waals surface area contributed by atoms with Gasteiger partial charge < -0.3 is 15.0 Å². The van der Waals surface area contributed by atoms with Gasteiger partial charge in [0.1, 0.15) is 0 Å². The van der Waals surface area contributed by atoms with Crippen molar-refractivity contribution in [3.05, 3.63) is 0 Å². The van der Waals surface area contributed by atoms with Crippen LogP contribution < -0.4 is 5.32 Å². The van der Waals surface area contributed by atoms with Crippen LogP contribution in [0.1, 0.15) is 32.6 Å². The predicted molar refractivity (Wildman–Crippen MR) is 64.7 cm³/mol. The number of ether oxygens (including phenoxy) is 1. The van der Waals surface area contributed by atoms with Gasteiger partial charge in [-0.15, -0.1) is 0 Å². The summed E-state index contributed by atoms with van der Waals surface area (Å²) in [6.07, 6.45) is 2.97. The summed E-state index contributed by atoms with van der Waals surface area (Å²) in [5.41, 5.74) is 0. The summed E-state index contributed by atoms with van der Waals surface area (Å²) in [6, 6.07) is -0.104. The van der Waals surface area contributed by atoms with E-state index in [0.717, 1.165) is 19.3 Å². The Morgan fingerprint density at radius 2 is 2.06 bits per heavy atom. The highest BCUT2D eigenvalue weighted by molar-refractivity contribution is 5.84. The number of likely N-dealkylation sites (tertiary alicyclic amines) is 1. The van der Waals surface area contributed by atoms with Crippen LogP contribution in [0.25, 0.3) is 0 Å². The summed E-state index contributed by atoms with van der Waals surface area (Å²) in [7, 11) is 1.34. The lowest BCUT2D eigenvalue weighted by atomic mass is 9.99. The highest BCUT2D eigenvalue weighted by atomic mass is 16.5.